The summed E-state index contributed by atoms with van der Waals surface area (Å²) in [5, 5.41) is 15.9. The van der Waals surface area contributed by atoms with Crippen LogP contribution in [0, 0.1) is 11.3 Å². The van der Waals surface area contributed by atoms with Crippen molar-refractivity contribution < 1.29 is 9.59 Å². The van der Waals surface area contributed by atoms with E-state index in [1.54, 1.807) is 33.8 Å². The van der Waals surface area contributed by atoms with Crippen LogP contribution < -0.4 is 10.2 Å². The predicted molar refractivity (Wildman–Crippen MR) is 142 cm³/mol. The highest BCUT2D eigenvalue weighted by atomic mass is 28.1. The summed E-state index contributed by atoms with van der Waals surface area (Å²) in [6.07, 6.45) is 2.26. The third-order valence-electron chi connectivity index (χ3n) is 6.33. The van der Waals surface area contributed by atoms with E-state index >= 15 is 0 Å². The molecule has 7 nitrogen and oxygen atoms in total. The third-order valence-corrected chi connectivity index (χ3v) is 7.09. The average molecular weight is 492 g/mol. The summed E-state index contributed by atoms with van der Waals surface area (Å²) in [6, 6.07) is 27.0. The molecule has 0 radical (unpaired) electrons. The molecule has 4 aromatic rings. The van der Waals surface area contributed by atoms with Crippen molar-refractivity contribution in [2.45, 2.75) is 25.1 Å². The second kappa shape index (κ2) is 9.28. The molecular formula is C28H25N5O2Si. The number of rotatable bonds is 5. The molecule has 0 aliphatic carbocycles. The standard InChI is InChI=1S/C28H25N5O2Si/c1-28(36)18-32-25(24(17-30-32)26(34)31-22-9-5-8-21(15-22)16-29)27(35)33(28)23-12-10-20(11-13-23)14-19-6-3-2-4-7-19/h2-13,15,17H,14,18H2,1,36H3,(H,31,34)/t28-/m0/s1. The number of hydrogen-bond donors (Lipinski definition) is 1. The Hall–Kier alpha value is -4.48. The normalized spacial score (nSPS) is 16.9. The van der Waals surface area contributed by atoms with Crippen molar-refractivity contribution in [3.8, 4) is 6.07 Å². The molecule has 1 atom stereocenters. The quantitative estimate of drug-likeness (QED) is 0.434. The van der Waals surface area contributed by atoms with Crippen LogP contribution in [0.2, 0.25) is 0 Å². The van der Waals surface area contributed by atoms with Crippen molar-refractivity contribution in [1.29, 1.82) is 5.26 Å². The first-order valence-electron chi connectivity index (χ1n) is 11.7. The van der Waals surface area contributed by atoms with Gasteiger partial charge in [0.2, 0.25) is 0 Å². The molecule has 0 saturated heterocycles. The van der Waals surface area contributed by atoms with E-state index in [0.717, 1.165) is 17.7 Å². The van der Waals surface area contributed by atoms with Crippen molar-refractivity contribution in [3.05, 3.63) is 113 Å². The zero-order valence-electron chi connectivity index (χ0n) is 20.1. The first-order valence-corrected chi connectivity index (χ1v) is 12.7. The summed E-state index contributed by atoms with van der Waals surface area (Å²) < 4.78 is 1.64. The number of carbonyl (C=O) groups is 2. The Balaban J connectivity index is 1.42. The van der Waals surface area contributed by atoms with Gasteiger partial charge in [-0.25, -0.2) is 0 Å². The molecule has 5 rings (SSSR count). The highest BCUT2D eigenvalue weighted by Gasteiger charge is 2.42. The first-order chi connectivity index (χ1) is 17.4. The minimum absolute atomic E-state index is 0.213. The Kier molecular flexibility index (Phi) is 6.00. The molecule has 1 aromatic heterocycles. The molecule has 1 aliphatic heterocycles. The maximum absolute atomic E-state index is 13.8. The SMILES string of the molecule is C[C@]1([SiH3])Cn2ncc(C(=O)Nc3cccc(C#N)c3)c2C(=O)N1c1ccc(Cc2ccccc2)cc1. The van der Waals surface area contributed by atoms with Crippen LogP contribution >= 0.6 is 0 Å². The van der Waals surface area contributed by atoms with Crippen LogP contribution in [0.1, 0.15) is 44.5 Å². The fourth-order valence-electron chi connectivity index (χ4n) is 4.64. The van der Waals surface area contributed by atoms with E-state index in [1.807, 2.05) is 37.3 Å². The lowest BCUT2D eigenvalue weighted by atomic mass is 10.0. The minimum atomic E-state index is -0.435. The fourth-order valence-corrected chi connectivity index (χ4v) is 5.40. The molecule has 0 saturated carbocycles. The van der Waals surface area contributed by atoms with E-state index in [4.69, 9.17) is 5.26 Å². The molecule has 1 N–H and O–H groups in total. The Morgan fingerprint density at radius 2 is 1.81 bits per heavy atom. The second-order valence-electron chi connectivity index (χ2n) is 9.49. The summed E-state index contributed by atoms with van der Waals surface area (Å²) in [5.74, 6) is -0.683. The number of benzene rings is 3. The van der Waals surface area contributed by atoms with Gasteiger partial charge < -0.3 is 10.2 Å². The number of anilines is 2. The molecule has 2 heterocycles. The second-order valence-corrected chi connectivity index (χ2v) is 11.6. The first kappa shape index (κ1) is 23.3. The highest BCUT2D eigenvalue weighted by Crippen LogP contribution is 2.32. The van der Waals surface area contributed by atoms with E-state index in [2.05, 4.69) is 40.8 Å². The van der Waals surface area contributed by atoms with Crippen molar-refractivity contribution in [1.82, 2.24) is 9.78 Å². The zero-order chi connectivity index (χ0) is 25.3. The molecule has 0 unspecified atom stereocenters. The third kappa shape index (κ3) is 4.44. The van der Waals surface area contributed by atoms with Gasteiger partial charge in [-0.3, -0.25) is 14.3 Å². The molecular weight excluding hydrogens is 466 g/mol. The van der Waals surface area contributed by atoms with Crippen LogP contribution in [0.3, 0.4) is 0 Å². The lowest BCUT2D eigenvalue weighted by Gasteiger charge is -2.42. The summed E-state index contributed by atoms with van der Waals surface area (Å²) in [7, 11) is 0.712. The van der Waals surface area contributed by atoms with Gasteiger partial charge in [0.05, 0.1) is 29.9 Å². The Morgan fingerprint density at radius 3 is 2.53 bits per heavy atom. The smallest absolute Gasteiger partial charge is 0.277 e. The number of nitriles is 1. The van der Waals surface area contributed by atoms with Gasteiger partial charge in [0.25, 0.3) is 11.8 Å². The van der Waals surface area contributed by atoms with Crippen LogP contribution in [-0.2, 0) is 13.0 Å². The Bertz CT molecular complexity index is 1490. The van der Waals surface area contributed by atoms with E-state index < -0.39 is 11.1 Å². The summed E-state index contributed by atoms with van der Waals surface area (Å²) in [4.78, 5) is 28.7. The molecule has 178 valence electrons. The molecule has 0 fully saturated rings. The topological polar surface area (TPSA) is 91.0 Å². The fraction of sp³-hybridized carbons (Fsp3) is 0.143. The van der Waals surface area contributed by atoms with E-state index in [0.29, 0.717) is 28.0 Å². The van der Waals surface area contributed by atoms with Crippen molar-refractivity contribution in [2.24, 2.45) is 0 Å². The predicted octanol–water partition coefficient (Wildman–Crippen LogP) is 3.34. The number of nitrogens with zero attached hydrogens (tertiary/aromatic N) is 4. The summed E-state index contributed by atoms with van der Waals surface area (Å²) >= 11 is 0. The number of aromatic nitrogens is 2. The van der Waals surface area contributed by atoms with Crippen LogP contribution in [0.25, 0.3) is 0 Å². The van der Waals surface area contributed by atoms with Gasteiger partial charge in [-0.2, -0.15) is 10.4 Å². The molecule has 36 heavy (non-hydrogen) atoms. The van der Waals surface area contributed by atoms with Gasteiger partial charge >= 0.3 is 0 Å². The van der Waals surface area contributed by atoms with Crippen molar-refractivity contribution in [2.75, 3.05) is 10.2 Å². The molecule has 0 spiro atoms. The summed E-state index contributed by atoms with van der Waals surface area (Å²) in [6.45, 7) is 2.55. The lowest BCUT2D eigenvalue weighted by Crippen LogP contribution is -2.58. The lowest BCUT2D eigenvalue weighted by molar-refractivity contribution is 0.0924. The number of nitrogens with one attached hydrogen (secondary N) is 1. The maximum Gasteiger partial charge on any atom is 0.277 e. The highest BCUT2D eigenvalue weighted by molar-refractivity contribution is 6.25. The average Bonchev–Trinajstić information content (AvgIpc) is 3.29. The zero-order valence-corrected chi connectivity index (χ0v) is 22.1. The van der Waals surface area contributed by atoms with Crippen LogP contribution in [0.15, 0.2) is 85.1 Å². The number of fused-ring (bicyclic) bond motifs is 1. The number of hydrogen-bond acceptors (Lipinski definition) is 4. The molecule has 8 heteroatoms. The Morgan fingerprint density at radius 1 is 1.08 bits per heavy atom. The molecule has 1 aliphatic rings. The van der Waals surface area contributed by atoms with Crippen LogP contribution in [0.5, 0.6) is 0 Å². The molecule has 2 amide bonds. The van der Waals surface area contributed by atoms with Gasteiger partial charge in [-0.15, -0.1) is 0 Å². The maximum atomic E-state index is 13.8. The van der Waals surface area contributed by atoms with Crippen LogP contribution in [-0.4, -0.2) is 37.0 Å². The largest absolute Gasteiger partial charge is 0.322 e. The van der Waals surface area contributed by atoms with Gasteiger partial charge in [0.1, 0.15) is 5.69 Å². The van der Waals surface area contributed by atoms with Crippen LogP contribution in [0.4, 0.5) is 11.4 Å². The monoisotopic (exact) mass is 491 g/mol. The number of carbonyl (C=O) groups excluding carboxylic acids is 2. The minimum Gasteiger partial charge on any atom is -0.322 e. The van der Waals surface area contributed by atoms with E-state index in [9.17, 15) is 9.59 Å². The number of amides is 2. The van der Waals surface area contributed by atoms with Gasteiger partial charge in [0, 0.05) is 26.8 Å². The van der Waals surface area contributed by atoms with Gasteiger partial charge in [-0.05, 0) is 54.8 Å². The van der Waals surface area contributed by atoms with Gasteiger partial charge in [-0.1, -0.05) is 48.5 Å². The van der Waals surface area contributed by atoms with Gasteiger partial charge in [0.15, 0.2) is 0 Å². The molecule has 0 bridgehead atoms. The van der Waals surface area contributed by atoms with Crippen molar-refractivity contribution in [3.63, 3.8) is 0 Å². The van der Waals surface area contributed by atoms with E-state index in [1.165, 1.54) is 11.8 Å². The molecule has 3 aromatic carbocycles. The Labute approximate surface area is 212 Å². The van der Waals surface area contributed by atoms with E-state index in [-0.39, 0.29) is 17.2 Å². The van der Waals surface area contributed by atoms with Crippen molar-refractivity contribution >= 4 is 33.4 Å². The summed E-state index contributed by atoms with van der Waals surface area (Å²) in [5.41, 5.74) is 4.60.